The Labute approximate surface area is 151 Å². The predicted octanol–water partition coefficient (Wildman–Crippen LogP) is 4.44. The number of hydrogen-bond donors (Lipinski definition) is 0. The van der Waals surface area contributed by atoms with Gasteiger partial charge in [-0.1, -0.05) is 42.1 Å². The summed E-state index contributed by atoms with van der Waals surface area (Å²) in [5.41, 5.74) is 3.25. The van der Waals surface area contributed by atoms with Gasteiger partial charge in [-0.15, -0.1) is 10.2 Å². The second-order valence-electron chi connectivity index (χ2n) is 5.88. The molecule has 0 aliphatic carbocycles. The predicted molar refractivity (Wildman–Crippen MR) is 97.2 cm³/mol. The number of rotatable bonds is 6. The minimum Gasteiger partial charge on any atom is -0.485 e. The smallest absolute Gasteiger partial charge is 0.191 e. The molecule has 0 spiro atoms. The summed E-state index contributed by atoms with van der Waals surface area (Å²) >= 11 is 1.57. The highest BCUT2D eigenvalue weighted by molar-refractivity contribution is 7.98. The highest BCUT2D eigenvalue weighted by atomic mass is 32.2. The Morgan fingerprint density at radius 1 is 1.04 bits per heavy atom. The van der Waals surface area contributed by atoms with Crippen LogP contribution in [0.25, 0.3) is 0 Å². The molecule has 1 aromatic heterocycles. The van der Waals surface area contributed by atoms with Crippen molar-refractivity contribution in [2.24, 2.45) is 7.05 Å². The third kappa shape index (κ3) is 4.20. The molecule has 1 heterocycles. The van der Waals surface area contributed by atoms with Gasteiger partial charge in [0.2, 0.25) is 0 Å². The van der Waals surface area contributed by atoms with E-state index < -0.39 is 0 Å². The SMILES string of the molecule is Cc1cccc(C)c1OCc1nnc(SCc2ccc(F)cc2)n1C. The zero-order valence-corrected chi connectivity index (χ0v) is 15.3. The van der Waals surface area contributed by atoms with Crippen LogP contribution in [0.2, 0.25) is 0 Å². The normalized spacial score (nSPS) is 10.9. The molecule has 3 aromatic rings. The highest BCUT2D eigenvalue weighted by Crippen LogP contribution is 2.25. The van der Waals surface area contributed by atoms with Gasteiger partial charge in [-0.05, 0) is 42.7 Å². The van der Waals surface area contributed by atoms with Crippen LogP contribution in [0.3, 0.4) is 0 Å². The van der Waals surface area contributed by atoms with Crippen molar-refractivity contribution in [3.05, 3.63) is 70.8 Å². The number of benzene rings is 2. The number of halogens is 1. The van der Waals surface area contributed by atoms with Crippen LogP contribution in [0.5, 0.6) is 5.75 Å². The Hall–Kier alpha value is -2.34. The van der Waals surface area contributed by atoms with Gasteiger partial charge in [0.1, 0.15) is 18.2 Å². The van der Waals surface area contributed by atoms with Gasteiger partial charge in [-0.3, -0.25) is 0 Å². The Morgan fingerprint density at radius 3 is 2.40 bits per heavy atom. The van der Waals surface area contributed by atoms with Gasteiger partial charge in [0.25, 0.3) is 0 Å². The monoisotopic (exact) mass is 357 g/mol. The van der Waals surface area contributed by atoms with E-state index >= 15 is 0 Å². The van der Waals surface area contributed by atoms with Gasteiger partial charge >= 0.3 is 0 Å². The quantitative estimate of drug-likeness (QED) is 0.612. The number of aromatic nitrogens is 3. The van der Waals surface area contributed by atoms with E-state index in [2.05, 4.69) is 10.2 Å². The Balaban J connectivity index is 1.64. The van der Waals surface area contributed by atoms with Crippen LogP contribution in [-0.2, 0) is 19.4 Å². The van der Waals surface area contributed by atoms with Crippen LogP contribution in [0, 0.1) is 19.7 Å². The lowest BCUT2D eigenvalue weighted by Crippen LogP contribution is -2.05. The van der Waals surface area contributed by atoms with E-state index in [4.69, 9.17) is 4.74 Å². The van der Waals surface area contributed by atoms with Crippen molar-refractivity contribution in [3.8, 4) is 5.75 Å². The first-order valence-electron chi connectivity index (χ1n) is 7.99. The third-order valence-electron chi connectivity index (χ3n) is 3.96. The molecule has 0 saturated carbocycles. The first kappa shape index (κ1) is 17.5. The minimum atomic E-state index is -0.224. The maximum atomic E-state index is 13.0. The molecule has 0 fully saturated rings. The number of para-hydroxylation sites is 1. The molecule has 0 aliphatic heterocycles. The molecule has 3 rings (SSSR count). The first-order valence-corrected chi connectivity index (χ1v) is 8.97. The number of hydrogen-bond acceptors (Lipinski definition) is 4. The molecular formula is C19H20FN3OS. The van der Waals surface area contributed by atoms with Crippen molar-refractivity contribution < 1.29 is 9.13 Å². The van der Waals surface area contributed by atoms with Gasteiger partial charge in [0, 0.05) is 12.8 Å². The van der Waals surface area contributed by atoms with Crippen molar-refractivity contribution in [1.82, 2.24) is 14.8 Å². The van der Waals surface area contributed by atoms with Crippen LogP contribution >= 0.6 is 11.8 Å². The average Bonchev–Trinajstić information content (AvgIpc) is 2.94. The lowest BCUT2D eigenvalue weighted by Gasteiger charge is -2.11. The van der Waals surface area contributed by atoms with E-state index in [0.717, 1.165) is 33.4 Å². The zero-order chi connectivity index (χ0) is 17.8. The van der Waals surface area contributed by atoms with E-state index in [1.165, 1.54) is 12.1 Å². The van der Waals surface area contributed by atoms with E-state index in [-0.39, 0.29) is 5.82 Å². The van der Waals surface area contributed by atoms with Crippen molar-refractivity contribution in [3.63, 3.8) is 0 Å². The second kappa shape index (κ2) is 7.70. The minimum absolute atomic E-state index is 0.224. The molecule has 0 radical (unpaired) electrons. The van der Waals surface area contributed by atoms with Crippen molar-refractivity contribution in [1.29, 1.82) is 0 Å². The van der Waals surface area contributed by atoms with Gasteiger partial charge in [0.05, 0.1) is 0 Å². The molecule has 4 nitrogen and oxygen atoms in total. The molecule has 0 amide bonds. The summed E-state index contributed by atoms with van der Waals surface area (Å²) in [6.07, 6.45) is 0. The number of ether oxygens (including phenoxy) is 1. The van der Waals surface area contributed by atoms with E-state index in [0.29, 0.717) is 12.4 Å². The van der Waals surface area contributed by atoms with Crippen LogP contribution in [0.1, 0.15) is 22.5 Å². The van der Waals surface area contributed by atoms with Crippen LogP contribution in [0.4, 0.5) is 4.39 Å². The number of aryl methyl sites for hydroxylation is 2. The summed E-state index contributed by atoms with van der Waals surface area (Å²) in [5.74, 6) is 2.15. The van der Waals surface area contributed by atoms with E-state index in [9.17, 15) is 4.39 Å². The molecule has 0 bridgehead atoms. The van der Waals surface area contributed by atoms with Crippen molar-refractivity contribution in [2.45, 2.75) is 31.4 Å². The largest absolute Gasteiger partial charge is 0.485 e. The maximum absolute atomic E-state index is 13.0. The van der Waals surface area contributed by atoms with Gasteiger partial charge in [0.15, 0.2) is 11.0 Å². The summed E-state index contributed by atoms with van der Waals surface area (Å²) in [6, 6.07) is 12.6. The van der Waals surface area contributed by atoms with Gasteiger partial charge in [-0.25, -0.2) is 4.39 Å². The Morgan fingerprint density at radius 2 is 1.72 bits per heavy atom. The molecule has 0 saturated heterocycles. The number of nitrogens with zero attached hydrogens (tertiary/aromatic N) is 3. The molecule has 130 valence electrons. The fraction of sp³-hybridized carbons (Fsp3) is 0.263. The van der Waals surface area contributed by atoms with E-state index in [1.807, 2.05) is 43.7 Å². The van der Waals surface area contributed by atoms with E-state index in [1.54, 1.807) is 23.9 Å². The lowest BCUT2D eigenvalue weighted by atomic mass is 10.1. The Kier molecular flexibility index (Phi) is 5.38. The molecule has 0 N–H and O–H groups in total. The van der Waals surface area contributed by atoms with Crippen LogP contribution < -0.4 is 4.74 Å². The van der Waals surface area contributed by atoms with Gasteiger partial charge < -0.3 is 9.30 Å². The number of thioether (sulfide) groups is 1. The summed E-state index contributed by atoms with van der Waals surface area (Å²) in [5, 5.41) is 9.26. The van der Waals surface area contributed by atoms with Gasteiger partial charge in [-0.2, -0.15) is 0 Å². The van der Waals surface area contributed by atoms with Crippen molar-refractivity contribution in [2.75, 3.05) is 0 Å². The summed E-state index contributed by atoms with van der Waals surface area (Å²) < 4.78 is 20.8. The summed E-state index contributed by atoms with van der Waals surface area (Å²) in [6.45, 7) is 4.43. The molecule has 25 heavy (non-hydrogen) atoms. The maximum Gasteiger partial charge on any atom is 0.191 e. The molecule has 6 heteroatoms. The standard InChI is InChI=1S/C19H20FN3OS/c1-13-5-4-6-14(2)18(13)24-11-17-21-22-19(23(17)3)25-12-15-7-9-16(20)10-8-15/h4-10H,11-12H2,1-3H3. The summed E-state index contributed by atoms with van der Waals surface area (Å²) in [7, 11) is 1.93. The second-order valence-corrected chi connectivity index (χ2v) is 6.83. The van der Waals surface area contributed by atoms with Crippen LogP contribution in [-0.4, -0.2) is 14.8 Å². The molecule has 2 aromatic carbocycles. The average molecular weight is 357 g/mol. The lowest BCUT2D eigenvalue weighted by molar-refractivity contribution is 0.286. The molecule has 0 aliphatic rings. The topological polar surface area (TPSA) is 39.9 Å². The van der Waals surface area contributed by atoms with Crippen molar-refractivity contribution >= 4 is 11.8 Å². The third-order valence-corrected chi connectivity index (χ3v) is 5.05. The fourth-order valence-corrected chi connectivity index (χ4v) is 3.37. The zero-order valence-electron chi connectivity index (χ0n) is 14.5. The van der Waals surface area contributed by atoms with Crippen LogP contribution in [0.15, 0.2) is 47.6 Å². The summed E-state index contributed by atoms with van der Waals surface area (Å²) in [4.78, 5) is 0. The first-order chi connectivity index (χ1) is 12.0. The molecular weight excluding hydrogens is 337 g/mol. The highest BCUT2D eigenvalue weighted by Gasteiger charge is 2.11. The Bertz CT molecular complexity index is 841. The molecule has 0 atom stereocenters. The fourth-order valence-electron chi connectivity index (χ4n) is 2.49. The molecule has 0 unspecified atom stereocenters.